The molecule has 1 unspecified atom stereocenters. The second-order valence-corrected chi connectivity index (χ2v) is 4.85. The van der Waals surface area contributed by atoms with Crippen molar-refractivity contribution in [2.24, 2.45) is 0 Å². The van der Waals surface area contributed by atoms with Crippen LogP contribution < -0.4 is 5.73 Å². The SMILES string of the molecule is Nc1ncc(Cl)cc1C(O)Cc1ccc(Cl)cc1. The lowest BCUT2D eigenvalue weighted by Gasteiger charge is -2.13. The minimum atomic E-state index is -0.739. The Morgan fingerprint density at radius 3 is 2.50 bits per heavy atom. The zero-order chi connectivity index (χ0) is 13.1. The minimum Gasteiger partial charge on any atom is -0.388 e. The molecule has 0 spiro atoms. The molecule has 0 fully saturated rings. The number of pyridine rings is 1. The van der Waals surface area contributed by atoms with Crippen molar-refractivity contribution in [1.82, 2.24) is 4.98 Å². The van der Waals surface area contributed by atoms with Crippen LogP contribution in [-0.4, -0.2) is 10.1 Å². The summed E-state index contributed by atoms with van der Waals surface area (Å²) in [6.07, 6.45) is 1.15. The van der Waals surface area contributed by atoms with Crippen LogP contribution >= 0.6 is 23.2 Å². The van der Waals surface area contributed by atoms with Crippen molar-refractivity contribution < 1.29 is 5.11 Å². The molecule has 1 heterocycles. The van der Waals surface area contributed by atoms with E-state index in [-0.39, 0.29) is 0 Å². The number of nitrogens with two attached hydrogens (primary N) is 1. The van der Waals surface area contributed by atoms with Gasteiger partial charge in [0, 0.05) is 23.2 Å². The van der Waals surface area contributed by atoms with Crippen LogP contribution in [0.4, 0.5) is 5.82 Å². The van der Waals surface area contributed by atoms with Gasteiger partial charge >= 0.3 is 0 Å². The van der Waals surface area contributed by atoms with Crippen LogP contribution in [0, 0.1) is 0 Å². The van der Waals surface area contributed by atoms with Gasteiger partial charge in [0.1, 0.15) is 5.82 Å². The van der Waals surface area contributed by atoms with Gasteiger partial charge in [-0.3, -0.25) is 0 Å². The molecule has 0 aliphatic rings. The molecular formula is C13H12Cl2N2O. The van der Waals surface area contributed by atoms with E-state index in [1.807, 2.05) is 12.1 Å². The van der Waals surface area contributed by atoms with Gasteiger partial charge in [-0.05, 0) is 23.8 Å². The molecule has 18 heavy (non-hydrogen) atoms. The molecule has 3 N–H and O–H groups in total. The normalized spacial score (nSPS) is 12.4. The molecule has 2 rings (SSSR count). The molecule has 0 radical (unpaired) electrons. The summed E-state index contributed by atoms with van der Waals surface area (Å²) in [4.78, 5) is 3.92. The number of hydrogen-bond donors (Lipinski definition) is 2. The van der Waals surface area contributed by atoms with E-state index in [1.54, 1.807) is 18.2 Å². The summed E-state index contributed by atoms with van der Waals surface area (Å²) in [5, 5.41) is 11.3. The first-order valence-electron chi connectivity index (χ1n) is 5.39. The Bertz CT molecular complexity index is 543. The Balaban J connectivity index is 2.18. The van der Waals surface area contributed by atoms with E-state index in [0.717, 1.165) is 5.56 Å². The Labute approximate surface area is 115 Å². The van der Waals surface area contributed by atoms with Gasteiger partial charge in [0.25, 0.3) is 0 Å². The molecule has 0 aliphatic carbocycles. The summed E-state index contributed by atoms with van der Waals surface area (Å²) in [5.41, 5.74) is 7.22. The fraction of sp³-hybridized carbons (Fsp3) is 0.154. The quantitative estimate of drug-likeness (QED) is 0.909. The van der Waals surface area contributed by atoms with Crippen LogP contribution in [0.3, 0.4) is 0 Å². The number of hydrogen-bond acceptors (Lipinski definition) is 3. The second kappa shape index (κ2) is 5.57. The highest BCUT2D eigenvalue weighted by molar-refractivity contribution is 6.30. The number of halogens is 2. The molecule has 1 atom stereocenters. The smallest absolute Gasteiger partial charge is 0.129 e. The summed E-state index contributed by atoms with van der Waals surface area (Å²) < 4.78 is 0. The largest absolute Gasteiger partial charge is 0.388 e. The predicted octanol–water partition coefficient (Wildman–Crippen LogP) is 3.25. The van der Waals surface area contributed by atoms with Crippen molar-refractivity contribution >= 4 is 29.0 Å². The van der Waals surface area contributed by atoms with Gasteiger partial charge in [-0.25, -0.2) is 4.98 Å². The van der Waals surface area contributed by atoms with Crippen molar-refractivity contribution in [3.8, 4) is 0 Å². The van der Waals surface area contributed by atoms with E-state index in [4.69, 9.17) is 28.9 Å². The number of nitrogen functional groups attached to an aromatic ring is 1. The lowest BCUT2D eigenvalue weighted by atomic mass is 10.0. The summed E-state index contributed by atoms with van der Waals surface area (Å²) in [5.74, 6) is 0.292. The van der Waals surface area contributed by atoms with Crippen LogP contribution in [0.25, 0.3) is 0 Å². The molecule has 3 nitrogen and oxygen atoms in total. The number of anilines is 1. The van der Waals surface area contributed by atoms with Gasteiger partial charge in [0.05, 0.1) is 11.1 Å². The number of aliphatic hydroxyl groups is 1. The summed E-state index contributed by atoms with van der Waals surface area (Å²) in [6.45, 7) is 0. The Morgan fingerprint density at radius 1 is 1.17 bits per heavy atom. The number of aliphatic hydroxyl groups excluding tert-OH is 1. The molecule has 0 aliphatic heterocycles. The van der Waals surface area contributed by atoms with Crippen molar-refractivity contribution in [3.05, 3.63) is 57.7 Å². The number of benzene rings is 1. The van der Waals surface area contributed by atoms with Gasteiger partial charge in [0.15, 0.2) is 0 Å². The Hall–Kier alpha value is -1.29. The fourth-order valence-corrected chi connectivity index (χ4v) is 1.98. The third-order valence-electron chi connectivity index (χ3n) is 2.62. The van der Waals surface area contributed by atoms with Gasteiger partial charge in [-0.15, -0.1) is 0 Å². The van der Waals surface area contributed by atoms with Crippen molar-refractivity contribution in [2.75, 3.05) is 5.73 Å². The molecular weight excluding hydrogens is 271 g/mol. The first kappa shape index (κ1) is 13.1. The van der Waals surface area contributed by atoms with Crippen LogP contribution in [0.5, 0.6) is 0 Å². The predicted molar refractivity (Wildman–Crippen MR) is 73.8 cm³/mol. The lowest BCUT2D eigenvalue weighted by molar-refractivity contribution is 0.179. The molecule has 0 saturated carbocycles. The Morgan fingerprint density at radius 2 is 1.83 bits per heavy atom. The highest BCUT2D eigenvalue weighted by Crippen LogP contribution is 2.25. The average Bonchev–Trinajstić information content (AvgIpc) is 2.35. The molecule has 94 valence electrons. The Kier molecular flexibility index (Phi) is 4.07. The third kappa shape index (κ3) is 3.13. The van der Waals surface area contributed by atoms with E-state index in [9.17, 15) is 5.11 Å². The molecule has 0 saturated heterocycles. The van der Waals surface area contributed by atoms with Gasteiger partial charge in [-0.1, -0.05) is 35.3 Å². The topological polar surface area (TPSA) is 59.1 Å². The van der Waals surface area contributed by atoms with E-state index in [1.165, 1.54) is 6.20 Å². The molecule has 5 heteroatoms. The van der Waals surface area contributed by atoms with E-state index in [2.05, 4.69) is 4.98 Å². The highest BCUT2D eigenvalue weighted by Gasteiger charge is 2.13. The van der Waals surface area contributed by atoms with E-state index in [0.29, 0.717) is 27.8 Å². The second-order valence-electron chi connectivity index (χ2n) is 3.97. The van der Waals surface area contributed by atoms with Crippen molar-refractivity contribution in [3.63, 3.8) is 0 Å². The van der Waals surface area contributed by atoms with E-state index >= 15 is 0 Å². The summed E-state index contributed by atoms with van der Waals surface area (Å²) in [6, 6.07) is 8.91. The van der Waals surface area contributed by atoms with Crippen LogP contribution in [0.15, 0.2) is 36.5 Å². The monoisotopic (exact) mass is 282 g/mol. The van der Waals surface area contributed by atoms with E-state index < -0.39 is 6.10 Å². The maximum atomic E-state index is 10.1. The van der Waals surface area contributed by atoms with Crippen LogP contribution in [0.2, 0.25) is 10.0 Å². The van der Waals surface area contributed by atoms with Gasteiger partial charge in [-0.2, -0.15) is 0 Å². The standard InChI is InChI=1S/C13H12Cl2N2O/c14-9-3-1-8(2-4-9)5-12(18)11-6-10(15)7-17-13(11)16/h1-4,6-7,12,18H,5H2,(H2,16,17). The summed E-state index contributed by atoms with van der Waals surface area (Å²) >= 11 is 11.6. The number of aromatic nitrogens is 1. The van der Waals surface area contributed by atoms with Crippen LogP contribution in [0.1, 0.15) is 17.2 Å². The van der Waals surface area contributed by atoms with Crippen molar-refractivity contribution in [1.29, 1.82) is 0 Å². The molecule has 2 aromatic rings. The zero-order valence-electron chi connectivity index (χ0n) is 9.48. The molecule has 1 aromatic carbocycles. The van der Waals surface area contributed by atoms with Gasteiger partial charge < -0.3 is 10.8 Å². The minimum absolute atomic E-state index is 0.292. The maximum Gasteiger partial charge on any atom is 0.129 e. The number of rotatable bonds is 3. The highest BCUT2D eigenvalue weighted by atomic mass is 35.5. The fourth-order valence-electron chi connectivity index (χ4n) is 1.69. The summed E-state index contributed by atoms with van der Waals surface area (Å²) in [7, 11) is 0. The first-order valence-corrected chi connectivity index (χ1v) is 6.15. The number of nitrogens with zero attached hydrogens (tertiary/aromatic N) is 1. The average molecular weight is 283 g/mol. The molecule has 0 bridgehead atoms. The zero-order valence-corrected chi connectivity index (χ0v) is 11.0. The first-order chi connectivity index (χ1) is 8.56. The maximum absolute atomic E-state index is 10.1. The third-order valence-corrected chi connectivity index (χ3v) is 3.08. The van der Waals surface area contributed by atoms with Crippen LogP contribution in [-0.2, 0) is 6.42 Å². The lowest BCUT2D eigenvalue weighted by Crippen LogP contribution is -2.06. The molecule has 0 amide bonds. The van der Waals surface area contributed by atoms with Gasteiger partial charge in [0.2, 0.25) is 0 Å². The molecule has 1 aromatic heterocycles. The van der Waals surface area contributed by atoms with Crippen molar-refractivity contribution in [2.45, 2.75) is 12.5 Å².